The number of esters is 7. The van der Waals surface area contributed by atoms with E-state index in [1.165, 1.54) is 41.5 Å². The minimum absolute atomic E-state index is 0.129. The van der Waals surface area contributed by atoms with Gasteiger partial charge in [0.25, 0.3) is 0 Å². The Balaban J connectivity index is 2.04. The van der Waals surface area contributed by atoms with Crippen molar-refractivity contribution in [1.29, 1.82) is 0 Å². The predicted molar refractivity (Wildman–Crippen MR) is 206 cm³/mol. The first-order valence-electron chi connectivity index (χ1n) is 19.3. The van der Waals surface area contributed by atoms with E-state index in [4.69, 9.17) is 33.2 Å². The minimum atomic E-state index is -1.60. The predicted octanol–water partition coefficient (Wildman–Crippen LogP) is 4.75. The summed E-state index contributed by atoms with van der Waals surface area (Å²) in [5.41, 5.74) is -0.760. The maximum absolute atomic E-state index is 14.5. The van der Waals surface area contributed by atoms with Crippen LogP contribution in [-0.2, 0) is 66.7 Å². The third kappa shape index (κ3) is 9.29. The highest BCUT2D eigenvalue weighted by molar-refractivity contribution is 5.80. The summed E-state index contributed by atoms with van der Waals surface area (Å²) in [7, 11) is 3.44. The molecule has 2 saturated carbocycles. The van der Waals surface area contributed by atoms with E-state index in [9.17, 15) is 33.6 Å². The second-order valence-corrected chi connectivity index (χ2v) is 16.4. The number of benzene rings is 1. The molecule has 15 nitrogen and oxygen atoms in total. The van der Waals surface area contributed by atoms with Crippen molar-refractivity contribution in [2.24, 2.45) is 22.7 Å². The average Bonchev–Trinajstić information content (AvgIpc) is 3.08. The van der Waals surface area contributed by atoms with Gasteiger partial charge in [-0.2, -0.15) is 0 Å². The van der Waals surface area contributed by atoms with Crippen molar-refractivity contribution < 1.29 is 66.7 Å². The van der Waals surface area contributed by atoms with E-state index in [2.05, 4.69) is 6.58 Å². The van der Waals surface area contributed by atoms with Gasteiger partial charge in [-0.25, -0.2) is 4.79 Å². The fourth-order valence-corrected chi connectivity index (χ4v) is 9.62. The summed E-state index contributed by atoms with van der Waals surface area (Å²) < 4.78 is 42.4. The normalized spacial score (nSPS) is 29.9. The molecule has 0 radical (unpaired) electrons. The first-order valence-corrected chi connectivity index (χ1v) is 19.3. The van der Waals surface area contributed by atoms with Crippen LogP contribution >= 0.6 is 0 Å². The smallest absolute Gasteiger partial charge is 0.350 e. The van der Waals surface area contributed by atoms with Crippen LogP contribution in [0, 0.1) is 22.7 Å². The lowest BCUT2D eigenvalue weighted by atomic mass is 9.48. The molecule has 318 valence electrons. The molecule has 15 heteroatoms. The Kier molecular flexibility index (Phi) is 14.0. The summed E-state index contributed by atoms with van der Waals surface area (Å²) in [5, 5.41) is 0. The third-order valence-corrected chi connectivity index (χ3v) is 11.8. The molecule has 2 bridgehead atoms. The SMILES string of the molecule is C=C1C(OC(=O)C(OC(C)=O)C(c2ccccc2)N(C)C)CC(OC(C)=O)[C@@]2(C)C(OC(C)=O)C(OC(C)=O)C3=C(C)C(OC(C)=O)C[C@@H](C(OC(C)=O)[C@H]12)C3(C)C. The third-order valence-electron chi connectivity index (χ3n) is 11.8. The molecule has 0 spiro atoms. The number of carbonyl (C=O) groups is 7. The number of hydrogen-bond donors (Lipinski definition) is 0. The standard InChI is InChI=1S/C43H57NO14/c1-21-31(52-23(3)45)19-30-37(54-25(5)47)35-22(2)32(58-41(51)39(56-27(7)49)36(44(12)13)29-17-15-14-16-18-29)20-33(53-24(4)46)43(35,11)40(57-28(8)50)38(55-26(6)48)34(21)42(30,9)10/h14-18,30-33,35-40H,2,19-20H2,1,3-13H3/t30-,31?,32?,33?,35-,36?,37?,38?,39?,40?,43+/m0/s1. The van der Waals surface area contributed by atoms with Crippen LogP contribution in [0.1, 0.15) is 93.7 Å². The first kappa shape index (κ1) is 45.6. The average molecular weight is 812 g/mol. The molecule has 1 aromatic carbocycles. The lowest BCUT2D eigenvalue weighted by molar-refractivity contribution is -0.231. The molecule has 58 heavy (non-hydrogen) atoms. The fourth-order valence-electron chi connectivity index (χ4n) is 9.62. The Morgan fingerprint density at radius 3 is 1.76 bits per heavy atom. The van der Waals surface area contributed by atoms with Crippen LogP contribution in [0.3, 0.4) is 0 Å². The van der Waals surface area contributed by atoms with Gasteiger partial charge in [0.2, 0.25) is 6.10 Å². The summed E-state index contributed by atoms with van der Waals surface area (Å²) >= 11 is 0. The number of ether oxygens (including phenoxy) is 7. The summed E-state index contributed by atoms with van der Waals surface area (Å²) in [5.74, 6) is -7.06. The zero-order valence-electron chi connectivity index (χ0n) is 35.4. The molecule has 1 aromatic rings. The highest BCUT2D eigenvalue weighted by Crippen LogP contribution is 2.62. The zero-order chi connectivity index (χ0) is 43.6. The Labute approximate surface area is 339 Å². The Bertz CT molecular complexity index is 1830. The number of likely N-dealkylation sites (N-methyl/N-ethyl adjacent to an activating group) is 1. The van der Waals surface area contributed by atoms with Gasteiger partial charge in [0, 0.05) is 59.8 Å². The van der Waals surface area contributed by atoms with Crippen molar-refractivity contribution in [3.63, 3.8) is 0 Å². The number of hydrogen-bond acceptors (Lipinski definition) is 15. The Hall–Kier alpha value is -5.05. The quantitative estimate of drug-likeness (QED) is 0.169. The monoisotopic (exact) mass is 811 g/mol. The van der Waals surface area contributed by atoms with Gasteiger partial charge < -0.3 is 33.2 Å². The van der Waals surface area contributed by atoms with Crippen LogP contribution in [0.5, 0.6) is 0 Å². The van der Waals surface area contributed by atoms with Crippen LogP contribution in [0.2, 0.25) is 0 Å². The summed E-state index contributed by atoms with van der Waals surface area (Å²) in [4.78, 5) is 93.7. The molecule has 2 fully saturated rings. The Morgan fingerprint density at radius 2 is 1.26 bits per heavy atom. The van der Waals surface area contributed by atoms with Gasteiger partial charge >= 0.3 is 41.8 Å². The van der Waals surface area contributed by atoms with Crippen LogP contribution < -0.4 is 0 Å². The lowest BCUT2D eigenvalue weighted by Crippen LogP contribution is -2.68. The first-order chi connectivity index (χ1) is 26.9. The topological polar surface area (TPSA) is 187 Å². The maximum Gasteiger partial charge on any atom is 0.350 e. The van der Waals surface area contributed by atoms with Gasteiger partial charge in [-0.3, -0.25) is 33.7 Å². The number of rotatable bonds is 11. The molecular weight excluding hydrogens is 754 g/mol. The van der Waals surface area contributed by atoms with Crippen molar-refractivity contribution >= 4 is 41.8 Å². The molecule has 8 unspecified atom stereocenters. The molecule has 4 rings (SSSR count). The van der Waals surface area contributed by atoms with E-state index in [0.29, 0.717) is 16.7 Å². The van der Waals surface area contributed by atoms with E-state index in [1.807, 2.05) is 13.8 Å². The van der Waals surface area contributed by atoms with E-state index in [1.54, 1.807) is 63.2 Å². The molecule has 3 aliphatic rings. The largest absolute Gasteiger partial charge is 0.462 e. The fraction of sp³-hybridized carbons (Fsp3) is 0.605. The van der Waals surface area contributed by atoms with Crippen molar-refractivity contribution in [3.8, 4) is 0 Å². The van der Waals surface area contributed by atoms with Gasteiger partial charge in [0.05, 0.1) is 11.5 Å². The number of carbonyl (C=O) groups excluding carboxylic acids is 7. The van der Waals surface area contributed by atoms with Crippen molar-refractivity contribution in [2.45, 2.75) is 131 Å². The van der Waals surface area contributed by atoms with Crippen LogP contribution in [0.25, 0.3) is 0 Å². The highest BCUT2D eigenvalue weighted by Gasteiger charge is 2.68. The van der Waals surface area contributed by atoms with Gasteiger partial charge in [-0.05, 0) is 55.1 Å². The minimum Gasteiger partial charge on any atom is -0.462 e. The van der Waals surface area contributed by atoms with Crippen molar-refractivity contribution in [3.05, 3.63) is 59.2 Å². The van der Waals surface area contributed by atoms with Crippen molar-refractivity contribution in [2.75, 3.05) is 14.1 Å². The van der Waals surface area contributed by atoms with Crippen LogP contribution in [0.4, 0.5) is 0 Å². The van der Waals surface area contributed by atoms with E-state index >= 15 is 0 Å². The Morgan fingerprint density at radius 1 is 0.707 bits per heavy atom. The zero-order valence-corrected chi connectivity index (χ0v) is 35.4. The molecule has 0 aliphatic heterocycles. The molecular formula is C43H57NO14. The van der Waals surface area contributed by atoms with E-state index < -0.39 is 113 Å². The van der Waals surface area contributed by atoms with E-state index in [-0.39, 0.29) is 18.4 Å². The van der Waals surface area contributed by atoms with E-state index in [0.717, 1.165) is 0 Å². The molecule has 0 aromatic heterocycles. The summed E-state index contributed by atoms with van der Waals surface area (Å²) in [6.45, 7) is 18.8. The summed E-state index contributed by atoms with van der Waals surface area (Å²) in [6, 6.07) is 8.13. The maximum atomic E-state index is 14.5. The molecule has 0 heterocycles. The highest BCUT2D eigenvalue weighted by atomic mass is 16.6. The lowest BCUT2D eigenvalue weighted by Gasteiger charge is -2.61. The second-order valence-electron chi connectivity index (χ2n) is 16.4. The van der Waals surface area contributed by atoms with Gasteiger partial charge in [-0.15, -0.1) is 0 Å². The van der Waals surface area contributed by atoms with Crippen LogP contribution in [-0.4, -0.2) is 104 Å². The second kappa shape index (κ2) is 17.8. The van der Waals surface area contributed by atoms with Crippen LogP contribution in [0.15, 0.2) is 53.6 Å². The molecule has 11 atom stereocenters. The summed E-state index contributed by atoms with van der Waals surface area (Å²) in [6.07, 6.45) is -8.96. The van der Waals surface area contributed by atoms with Gasteiger partial charge in [-0.1, -0.05) is 57.7 Å². The molecule has 0 saturated heterocycles. The number of fused-ring (bicyclic) bond motifs is 3. The number of nitrogens with zero attached hydrogens (tertiary/aromatic N) is 1. The van der Waals surface area contributed by atoms with Crippen molar-refractivity contribution in [1.82, 2.24) is 4.90 Å². The molecule has 0 amide bonds. The molecule has 3 aliphatic carbocycles. The molecule has 0 N–H and O–H groups in total. The van der Waals surface area contributed by atoms with Gasteiger partial charge in [0.15, 0.2) is 12.2 Å². The van der Waals surface area contributed by atoms with Gasteiger partial charge in [0.1, 0.15) is 24.4 Å².